The summed E-state index contributed by atoms with van der Waals surface area (Å²) in [4.78, 5) is 33.4. The van der Waals surface area contributed by atoms with Gasteiger partial charge in [0, 0.05) is 6.07 Å². The lowest BCUT2D eigenvalue weighted by atomic mass is 10.1. The monoisotopic (exact) mass is 251 g/mol. The molecule has 1 atom stereocenters. The molecule has 1 unspecified atom stereocenters. The Morgan fingerprint density at radius 2 is 2.28 bits per heavy atom. The highest BCUT2D eigenvalue weighted by molar-refractivity contribution is 6.15. The maximum atomic E-state index is 11.8. The van der Waals surface area contributed by atoms with Crippen molar-refractivity contribution in [3.05, 3.63) is 33.9 Å². The smallest absolute Gasteiger partial charge is 0.355 e. The van der Waals surface area contributed by atoms with E-state index in [4.69, 9.17) is 4.74 Å². The minimum atomic E-state index is -1.44. The molecule has 0 fully saturated rings. The SMILES string of the molecule is CCOC(=O)C1Oc2c(cccc2[N+](=O)[O-])C1=O. The highest BCUT2D eigenvalue weighted by Crippen LogP contribution is 2.37. The average molecular weight is 251 g/mol. The van der Waals surface area contributed by atoms with Gasteiger partial charge < -0.3 is 9.47 Å². The molecule has 0 saturated carbocycles. The van der Waals surface area contributed by atoms with E-state index in [0.717, 1.165) is 0 Å². The predicted molar refractivity (Wildman–Crippen MR) is 58.5 cm³/mol. The van der Waals surface area contributed by atoms with Crippen molar-refractivity contribution in [2.45, 2.75) is 13.0 Å². The molecule has 0 saturated heterocycles. The number of para-hydroxylation sites is 1. The van der Waals surface area contributed by atoms with Gasteiger partial charge in [0.15, 0.2) is 0 Å². The lowest BCUT2D eigenvalue weighted by molar-refractivity contribution is -0.385. The molecular formula is C11H9NO6. The van der Waals surface area contributed by atoms with E-state index in [1.54, 1.807) is 6.92 Å². The number of nitro groups is 1. The van der Waals surface area contributed by atoms with Crippen LogP contribution >= 0.6 is 0 Å². The lowest BCUT2D eigenvalue weighted by Gasteiger charge is -2.07. The number of rotatable bonds is 3. The minimum Gasteiger partial charge on any atom is -0.463 e. The molecule has 1 aromatic rings. The van der Waals surface area contributed by atoms with Gasteiger partial charge in [0.25, 0.3) is 6.10 Å². The Hall–Kier alpha value is -2.44. The molecule has 1 aliphatic heterocycles. The number of benzene rings is 1. The zero-order valence-corrected chi connectivity index (χ0v) is 9.41. The van der Waals surface area contributed by atoms with Gasteiger partial charge in [0.2, 0.25) is 11.5 Å². The second-order valence-electron chi connectivity index (χ2n) is 3.53. The number of nitro benzene ring substituents is 1. The van der Waals surface area contributed by atoms with E-state index in [2.05, 4.69) is 4.74 Å². The molecule has 0 amide bonds. The van der Waals surface area contributed by atoms with Crippen molar-refractivity contribution >= 4 is 17.4 Å². The summed E-state index contributed by atoms with van der Waals surface area (Å²) in [6.45, 7) is 1.69. The lowest BCUT2D eigenvalue weighted by Crippen LogP contribution is -2.32. The van der Waals surface area contributed by atoms with Crippen molar-refractivity contribution in [2.75, 3.05) is 6.61 Å². The van der Waals surface area contributed by atoms with Gasteiger partial charge in [-0.25, -0.2) is 4.79 Å². The highest BCUT2D eigenvalue weighted by Gasteiger charge is 2.42. The van der Waals surface area contributed by atoms with Crippen LogP contribution in [0.4, 0.5) is 5.69 Å². The Morgan fingerprint density at radius 1 is 1.56 bits per heavy atom. The molecule has 0 radical (unpaired) electrons. The van der Waals surface area contributed by atoms with Gasteiger partial charge in [-0.15, -0.1) is 0 Å². The second-order valence-corrected chi connectivity index (χ2v) is 3.53. The fourth-order valence-electron chi connectivity index (χ4n) is 1.67. The largest absolute Gasteiger partial charge is 0.463 e. The summed E-state index contributed by atoms with van der Waals surface area (Å²) < 4.78 is 9.73. The first-order valence-corrected chi connectivity index (χ1v) is 5.21. The molecule has 0 aromatic heterocycles. The van der Waals surface area contributed by atoms with E-state index >= 15 is 0 Å². The van der Waals surface area contributed by atoms with Gasteiger partial charge in [-0.1, -0.05) is 6.07 Å². The number of ketones is 1. The van der Waals surface area contributed by atoms with Gasteiger partial charge >= 0.3 is 11.7 Å². The molecule has 0 bridgehead atoms. The summed E-state index contributed by atoms with van der Waals surface area (Å²) >= 11 is 0. The van der Waals surface area contributed by atoms with E-state index < -0.39 is 22.8 Å². The van der Waals surface area contributed by atoms with Crippen LogP contribution in [0.5, 0.6) is 5.75 Å². The van der Waals surface area contributed by atoms with Crippen LogP contribution in [0.3, 0.4) is 0 Å². The normalized spacial score (nSPS) is 16.9. The van der Waals surface area contributed by atoms with Crippen LogP contribution in [0.15, 0.2) is 18.2 Å². The zero-order valence-electron chi connectivity index (χ0n) is 9.41. The molecule has 1 aliphatic rings. The van der Waals surface area contributed by atoms with E-state index in [1.165, 1.54) is 18.2 Å². The molecule has 0 aliphatic carbocycles. The van der Waals surface area contributed by atoms with Gasteiger partial charge in [-0.2, -0.15) is 0 Å². The third-order valence-corrected chi connectivity index (χ3v) is 2.43. The van der Waals surface area contributed by atoms with Crippen LogP contribution in [0.1, 0.15) is 17.3 Å². The second kappa shape index (κ2) is 4.44. The fourth-order valence-corrected chi connectivity index (χ4v) is 1.67. The topological polar surface area (TPSA) is 95.7 Å². The summed E-state index contributed by atoms with van der Waals surface area (Å²) in [5.74, 6) is -1.63. The molecule has 7 heteroatoms. The Bertz CT molecular complexity index is 538. The predicted octanol–water partition coefficient (Wildman–Crippen LogP) is 1.10. The maximum Gasteiger partial charge on any atom is 0.355 e. The van der Waals surface area contributed by atoms with Crippen molar-refractivity contribution in [2.24, 2.45) is 0 Å². The molecule has 18 heavy (non-hydrogen) atoms. The van der Waals surface area contributed by atoms with Crippen LogP contribution in [0.2, 0.25) is 0 Å². The van der Waals surface area contributed by atoms with E-state index in [0.29, 0.717) is 0 Å². The molecule has 2 rings (SSSR count). The van der Waals surface area contributed by atoms with Crippen molar-refractivity contribution < 1.29 is 24.0 Å². The molecule has 1 aromatic carbocycles. The van der Waals surface area contributed by atoms with Crippen LogP contribution in [0.25, 0.3) is 0 Å². The summed E-state index contributed by atoms with van der Waals surface area (Å²) in [6, 6.07) is 3.95. The summed E-state index contributed by atoms with van der Waals surface area (Å²) in [5, 5.41) is 10.8. The molecule has 7 nitrogen and oxygen atoms in total. The number of esters is 1. The van der Waals surface area contributed by atoms with Gasteiger partial charge in [0.1, 0.15) is 0 Å². The first-order chi connectivity index (χ1) is 8.56. The third kappa shape index (κ3) is 1.79. The van der Waals surface area contributed by atoms with E-state index in [-0.39, 0.29) is 23.6 Å². The number of hydrogen-bond donors (Lipinski definition) is 0. The standard InChI is InChI=1S/C11H9NO6/c1-2-17-11(14)10-8(13)6-4-3-5-7(12(15)16)9(6)18-10/h3-5,10H,2H2,1H3. The van der Waals surface area contributed by atoms with Crippen molar-refractivity contribution in [3.8, 4) is 5.75 Å². The molecule has 1 heterocycles. The Kier molecular flexibility index (Phi) is 2.97. The molecule has 0 spiro atoms. The average Bonchev–Trinajstić information content (AvgIpc) is 2.67. The zero-order chi connectivity index (χ0) is 13.3. The highest BCUT2D eigenvalue weighted by atomic mass is 16.6. The summed E-state index contributed by atoms with van der Waals surface area (Å²) in [6.07, 6.45) is -1.44. The fraction of sp³-hybridized carbons (Fsp3) is 0.273. The molecular weight excluding hydrogens is 242 g/mol. The minimum absolute atomic E-state index is 0.0299. The van der Waals surface area contributed by atoms with Crippen LogP contribution in [-0.4, -0.2) is 29.4 Å². The van der Waals surface area contributed by atoms with Gasteiger partial charge in [0.05, 0.1) is 17.1 Å². The maximum absolute atomic E-state index is 11.8. The van der Waals surface area contributed by atoms with Crippen LogP contribution < -0.4 is 4.74 Å². The van der Waals surface area contributed by atoms with Crippen molar-refractivity contribution in [1.82, 2.24) is 0 Å². The van der Waals surface area contributed by atoms with E-state index in [1.807, 2.05) is 0 Å². The summed E-state index contributed by atoms with van der Waals surface area (Å²) in [5.41, 5.74) is -0.310. The Labute approximate surface area is 101 Å². The van der Waals surface area contributed by atoms with Crippen molar-refractivity contribution in [1.29, 1.82) is 0 Å². The quantitative estimate of drug-likeness (QED) is 0.345. The van der Waals surface area contributed by atoms with Crippen LogP contribution in [0, 0.1) is 10.1 Å². The number of fused-ring (bicyclic) bond motifs is 1. The summed E-state index contributed by atoms with van der Waals surface area (Å²) in [7, 11) is 0. The van der Waals surface area contributed by atoms with Gasteiger partial charge in [-0.05, 0) is 13.0 Å². The Morgan fingerprint density at radius 3 is 2.89 bits per heavy atom. The number of hydrogen-bond acceptors (Lipinski definition) is 6. The number of ether oxygens (including phenoxy) is 2. The third-order valence-electron chi connectivity index (χ3n) is 2.43. The van der Waals surface area contributed by atoms with E-state index in [9.17, 15) is 19.7 Å². The number of carbonyl (C=O) groups is 2. The first kappa shape index (κ1) is 12.0. The number of nitrogens with zero attached hydrogens (tertiary/aromatic N) is 1. The molecule has 0 N–H and O–H groups in total. The van der Waals surface area contributed by atoms with Crippen molar-refractivity contribution in [3.63, 3.8) is 0 Å². The number of Topliss-reactive ketones (excluding diaryl/α,β-unsaturated/α-hetero) is 1. The van der Waals surface area contributed by atoms with Gasteiger partial charge in [-0.3, -0.25) is 14.9 Å². The molecule has 94 valence electrons. The first-order valence-electron chi connectivity index (χ1n) is 5.21. The van der Waals surface area contributed by atoms with Crippen LogP contribution in [-0.2, 0) is 9.53 Å². The number of carbonyl (C=O) groups excluding carboxylic acids is 2. The Balaban J connectivity index is 2.38.